The van der Waals surface area contributed by atoms with E-state index in [-0.39, 0.29) is 52.8 Å². The van der Waals surface area contributed by atoms with Crippen LogP contribution in [-0.2, 0) is 4.79 Å². The first-order valence-electron chi connectivity index (χ1n) is 1.64. The molecule has 0 fully saturated rings. The fourth-order valence-electron chi connectivity index (χ4n) is 0.127. The van der Waals surface area contributed by atoms with Gasteiger partial charge in [-0.15, -0.1) is 0 Å². The number of primary amides is 1. The van der Waals surface area contributed by atoms with Crippen LogP contribution in [0, 0.1) is 11.3 Å². The van der Waals surface area contributed by atoms with Crippen LogP contribution in [0.25, 0.3) is 0 Å². The van der Waals surface area contributed by atoms with Crippen LogP contribution >= 0.6 is 0 Å². The monoisotopic (exact) mass is 153 g/mol. The van der Waals surface area contributed by atoms with Crippen LogP contribution in [0.5, 0.6) is 0 Å². The molecular weight excluding hydrogens is 149 g/mol. The van der Waals surface area contributed by atoms with Crippen molar-refractivity contribution in [2.75, 3.05) is 0 Å². The number of nitrogens with two attached hydrogens (primary N) is 1. The van der Waals surface area contributed by atoms with E-state index in [4.69, 9.17) is 10.5 Å². The molecule has 0 radical (unpaired) electrons. The van der Waals surface area contributed by atoms with Crippen molar-refractivity contribution in [1.82, 2.24) is 0 Å². The molecular formula is C3H4KN3O2. The maximum Gasteiger partial charge on any atom is 1.00 e. The van der Waals surface area contributed by atoms with Gasteiger partial charge in [0.1, 0.15) is 6.07 Å². The molecule has 0 heterocycles. The molecule has 44 valence electrons. The summed E-state index contributed by atoms with van der Waals surface area (Å²) in [6.45, 7) is 0. The fourth-order valence-corrected chi connectivity index (χ4v) is 0.127. The number of hydrogen-bond acceptors (Lipinski definition) is 4. The van der Waals surface area contributed by atoms with Crippen LogP contribution in [0.3, 0.4) is 0 Å². The summed E-state index contributed by atoms with van der Waals surface area (Å²) in [4.78, 5) is 9.87. The Hall–Kier alpha value is 0.0664. The van der Waals surface area contributed by atoms with E-state index < -0.39 is 11.6 Å². The average Bonchev–Trinajstić information content (AvgIpc) is 1.69. The van der Waals surface area contributed by atoms with Gasteiger partial charge in [0.05, 0.1) is 0 Å². The minimum absolute atomic E-state index is 0. The molecule has 5 nitrogen and oxygen atoms in total. The number of nitrogens with zero attached hydrogens (tertiary/aromatic N) is 2. The van der Waals surface area contributed by atoms with Crippen molar-refractivity contribution in [1.29, 1.82) is 5.26 Å². The van der Waals surface area contributed by atoms with Crippen LogP contribution in [0.1, 0.15) is 1.43 Å². The first-order chi connectivity index (χ1) is 3.72. The number of oxime groups is 1. The van der Waals surface area contributed by atoms with Crippen molar-refractivity contribution in [3.8, 4) is 6.07 Å². The van der Waals surface area contributed by atoms with Crippen LogP contribution in [0.2, 0.25) is 0 Å². The second kappa shape index (κ2) is 6.19. The molecule has 0 aliphatic carbocycles. The summed E-state index contributed by atoms with van der Waals surface area (Å²) in [5.74, 6) is -1.03. The summed E-state index contributed by atoms with van der Waals surface area (Å²) < 4.78 is 0. The van der Waals surface area contributed by atoms with Crippen LogP contribution in [-0.4, -0.2) is 16.8 Å². The molecule has 0 aliphatic heterocycles. The van der Waals surface area contributed by atoms with Crippen molar-refractivity contribution in [2.45, 2.75) is 0 Å². The summed E-state index contributed by atoms with van der Waals surface area (Å²) in [6, 6.07) is 1.28. The predicted octanol–water partition coefficient (Wildman–Crippen LogP) is -4.06. The molecule has 0 unspecified atom stereocenters. The van der Waals surface area contributed by atoms with Gasteiger partial charge in [-0.05, 0) is 0 Å². The molecule has 0 aromatic carbocycles. The zero-order chi connectivity index (χ0) is 6.57. The zero-order valence-electron chi connectivity index (χ0n) is 5.83. The van der Waals surface area contributed by atoms with Gasteiger partial charge in [0.25, 0.3) is 5.91 Å². The zero-order valence-corrected chi connectivity index (χ0v) is 7.95. The summed E-state index contributed by atoms with van der Waals surface area (Å²) >= 11 is 0. The molecule has 0 aromatic rings. The number of rotatable bonds is 1. The first-order valence-corrected chi connectivity index (χ1v) is 1.64. The first kappa shape index (κ1) is 11.8. The van der Waals surface area contributed by atoms with Gasteiger partial charge in [0.2, 0.25) is 5.71 Å². The molecule has 6 heteroatoms. The molecule has 9 heavy (non-hydrogen) atoms. The Kier molecular flexibility index (Phi) is 8.13. The Labute approximate surface area is 95.4 Å². The van der Waals surface area contributed by atoms with E-state index in [1.165, 1.54) is 6.07 Å². The standard InChI is InChI=1S/C3H3N3O2.K.H/c4-1-2(6-8)3(5)7;;/h8H,(H2,5,7);;/q;+1;-1. The van der Waals surface area contributed by atoms with Gasteiger partial charge < -0.3 is 12.4 Å². The normalized spacial score (nSPS) is 9.00. The van der Waals surface area contributed by atoms with E-state index in [1.54, 1.807) is 0 Å². The van der Waals surface area contributed by atoms with Crippen molar-refractivity contribution >= 4 is 11.6 Å². The SMILES string of the molecule is N#CC(=NO)C(N)=O.[H-].[K+]. The van der Waals surface area contributed by atoms with Crippen molar-refractivity contribution in [2.24, 2.45) is 10.9 Å². The van der Waals surface area contributed by atoms with Gasteiger partial charge in [0, 0.05) is 0 Å². The Morgan fingerprint density at radius 1 is 1.89 bits per heavy atom. The molecule has 3 N–H and O–H groups in total. The summed E-state index contributed by atoms with van der Waals surface area (Å²) in [7, 11) is 0. The molecule has 0 rings (SSSR count). The predicted molar refractivity (Wildman–Crippen MR) is 25.1 cm³/mol. The maximum absolute atomic E-state index is 9.87. The number of amides is 1. The third-order valence-corrected chi connectivity index (χ3v) is 0.439. The second-order valence-electron chi connectivity index (χ2n) is 0.925. The van der Waals surface area contributed by atoms with Gasteiger partial charge in [-0.1, -0.05) is 5.16 Å². The Balaban J connectivity index is -0.000000245. The summed E-state index contributed by atoms with van der Waals surface area (Å²) in [5, 5.41) is 17.9. The molecule has 0 aromatic heterocycles. The topological polar surface area (TPSA) is 99.5 Å². The quantitative estimate of drug-likeness (QED) is 0.173. The van der Waals surface area contributed by atoms with E-state index in [2.05, 4.69) is 10.9 Å². The number of carbonyl (C=O) groups is 1. The van der Waals surface area contributed by atoms with E-state index in [0.29, 0.717) is 0 Å². The van der Waals surface area contributed by atoms with Crippen molar-refractivity contribution < 1.29 is 62.8 Å². The van der Waals surface area contributed by atoms with Gasteiger partial charge in [-0.3, -0.25) is 4.79 Å². The van der Waals surface area contributed by atoms with Gasteiger partial charge in [0.15, 0.2) is 0 Å². The molecule has 0 aliphatic rings. The molecule has 0 atom stereocenters. The summed E-state index contributed by atoms with van der Waals surface area (Å²) in [5.41, 5.74) is 3.82. The van der Waals surface area contributed by atoms with Gasteiger partial charge >= 0.3 is 51.4 Å². The Morgan fingerprint density at radius 2 is 2.33 bits per heavy atom. The van der Waals surface area contributed by atoms with E-state index >= 15 is 0 Å². The van der Waals surface area contributed by atoms with Gasteiger partial charge in [-0.25, -0.2) is 0 Å². The largest absolute Gasteiger partial charge is 1.00 e. The molecule has 0 spiro atoms. The average molecular weight is 153 g/mol. The minimum atomic E-state index is -1.03. The van der Waals surface area contributed by atoms with Crippen molar-refractivity contribution in [3.63, 3.8) is 0 Å². The van der Waals surface area contributed by atoms with E-state index in [9.17, 15) is 4.79 Å². The van der Waals surface area contributed by atoms with E-state index in [0.717, 1.165) is 0 Å². The third-order valence-electron chi connectivity index (χ3n) is 0.439. The van der Waals surface area contributed by atoms with Crippen LogP contribution < -0.4 is 57.1 Å². The minimum Gasteiger partial charge on any atom is -1.00 e. The molecule has 1 amide bonds. The number of carbonyl (C=O) groups excluding carboxylic acids is 1. The van der Waals surface area contributed by atoms with E-state index in [1.807, 2.05) is 0 Å². The van der Waals surface area contributed by atoms with Crippen LogP contribution in [0.4, 0.5) is 0 Å². The number of nitriles is 1. The summed E-state index contributed by atoms with van der Waals surface area (Å²) in [6.07, 6.45) is 0. The smallest absolute Gasteiger partial charge is 1.00 e. The van der Waals surface area contributed by atoms with Gasteiger partial charge in [-0.2, -0.15) is 5.26 Å². The number of hydrogen-bond donors (Lipinski definition) is 2. The Morgan fingerprint density at radius 3 is 2.33 bits per heavy atom. The van der Waals surface area contributed by atoms with Crippen LogP contribution in [0.15, 0.2) is 5.16 Å². The second-order valence-corrected chi connectivity index (χ2v) is 0.925. The molecule has 0 saturated carbocycles. The molecule has 0 bridgehead atoms. The third kappa shape index (κ3) is 4.56. The fraction of sp³-hybridized carbons (Fsp3) is 0. The maximum atomic E-state index is 9.87. The molecule has 0 saturated heterocycles. The van der Waals surface area contributed by atoms with Crippen molar-refractivity contribution in [3.05, 3.63) is 0 Å². The Bertz CT molecular complexity index is 175.